The summed E-state index contributed by atoms with van der Waals surface area (Å²) in [6.45, 7) is 3.86. The van der Waals surface area contributed by atoms with Crippen molar-refractivity contribution in [3.8, 4) is 12.3 Å². The molecule has 2 amide bonds. The Bertz CT molecular complexity index is 357. The third kappa shape index (κ3) is 3.38. The molecule has 94 valence electrons. The SMILES string of the molecule is C#CC(C)(C)NC(=O)N1CCCCC1C(=O)O. The summed E-state index contributed by atoms with van der Waals surface area (Å²) in [5.74, 6) is 1.49. The minimum atomic E-state index is -0.960. The highest BCUT2D eigenvalue weighted by atomic mass is 16.4. The minimum Gasteiger partial charge on any atom is -0.480 e. The number of urea groups is 1. The van der Waals surface area contributed by atoms with E-state index in [1.54, 1.807) is 13.8 Å². The maximum absolute atomic E-state index is 11.9. The van der Waals surface area contributed by atoms with Gasteiger partial charge in [-0.05, 0) is 33.1 Å². The van der Waals surface area contributed by atoms with Crippen LogP contribution in [0, 0.1) is 12.3 Å². The van der Waals surface area contributed by atoms with Gasteiger partial charge in [0.05, 0.1) is 5.54 Å². The average Bonchev–Trinajstić information content (AvgIpc) is 2.28. The second-order valence-corrected chi connectivity index (χ2v) is 4.74. The van der Waals surface area contributed by atoms with Crippen molar-refractivity contribution in [1.82, 2.24) is 10.2 Å². The van der Waals surface area contributed by atoms with Crippen molar-refractivity contribution in [2.45, 2.75) is 44.7 Å². The molecule has 0 aromatic rings. The predicted octanol–water partition coefficient (Wildman–Crippen LogP) is 1.05. The molecule has 0 spiro atoms. The zero-order valence-corrected chi connectivity index (χ0v) is 10.2. The largest absolute Gasteiger partial charge is 0.480 e. The van der Waals surface area contributed by atoms with Crippen LogP contribution in [0.4, 0.5) is 4.79 Å². The zero-order chi connectivity index (χ0) is 13.1. The summed E-state index contributed by atoms with van der Waals surface area (Å²) in [7, 11) is 0. The normalized spacial score (nSPS) is 20.5. The molecule has 1 saturated heterocycles. The fourth-order valence-electron chi connectivity index (χ4n) is 1.81. The van der Waals surface area contributed by atoms with Gasteiger partial charge in [0.15, 0.2) is 0 Å². The lowest BCUT2D eigenvalue weighted by Crippen LogP contribution is -2.56. The molecule has 0 radical (unpaired) electrons. The lowest BCUT2D eigenvalue weighted by Gasteiger charge is -2.35. The smallest absolute Gasteiger partial charge is 0.326 e. The van der Waals surface area contributed by atoms with Crippen molar-refractivity contribution < 1.29 is 14.7 Å². The van der Waals surface area contributed by atoms with Gasteiger partial charge in [-0.2, -0.15) is 0 Å². The molecule has 1 heterocycles. The average molecular weight is 238 g/mol. The number of hydrogen-bond donors (Lipinski definition) is 2. The van der Waals surface area contributed by atoms with Crippen molar-refractivity contribution in [1.29, 1.82) is 0 Å². The van der Waals surface area contributed by atoms with E-state index in [9.17, 15) is 9.59 Å². The van der Waals surface area contributed by atoms with Crippen LogP contribution in [-0.2, 0) is 4.79 Å². The Morgan fingerprint density at radius 3 is 2.65 bits per heavy atom. The van der Waals surface area contributed by atoms with E-state index in [1.807, 2.05) is 0 Å². The van der Waals surface area contributed by atoms with Crippen LogP contribution in [0.15, 0.2) is 0 Å². The van der Waals surface area contributed by atoms with Crippen LogP contribution in [-0.4, -0.2) is 40.1 Å². The lowest BCUT2D eigenvalue weighted by molar-refractivity contribution is -0.143. The third-order valence-electron chi connectivity index (χ3n) is 2.83. The Balaban J connectivity index is 2.73. The number of amides is 2. The van der Waals surface area contributed by atoms with Crippen LogP contribution in [0.3, 0.4) is 0 Å². The number of likely N-dealkylation sites (tertiary alicyclic amines) is 1. The molecule has 5 nitrogen and oxygen atoms in total. The van der Waals surface area contributed by atoms with Crippen LogP contribution in [0.1, 0.15) is 33.1 Å². The Hall–Kier alpha value is -1.70. The molecule has 1 aliphatic heterocycles. The molecule has 2 N–H and O–H groups in total. The van der Waals surface area contributed by atoms with E-state index in [0.717, 1.165) is 12.8 Å². The molecule has 0 aromatic heterocycles. The topological polar surface area (TPSA) is 69.6 Å². The monoisotopic (exact) mass is 238 g/mol. The first-order valence-electron chi connectivity index (χ1n) is 5.67. The highest BCUT2D eigenvalue weighted by molar-refractivity contribution is 5.83. The van der Waals surface area contributed by atoms with Gasteiger partial charge in [-0.25, -0.2) is 9.59 Å². The van der Waals surface area contributed by atoms with E-state index in [4.69, 9.17) is 11.5 Å². The van der Waals surface area contributed by atoms with Crippen LogP contribution in [0.2, 0.25) is 0 Å². The molecule has 0 aromatic carbocycles. The number of nitrogens with zero attached hydrogens (tertiary/aromatic N) is 1. The van der Waals surface area contributed by atoms with Crippen molar-refractivity contribution in [3.63, 3.8) is 0 Å². The molecule has 1 atom stereocenters. The first kappa shape index (κ1) is 13.4. The molecule has 1 rings (SSSR count). The van der Waals surface area contributed by atoms with Crippen molar-refractivity contribution in [2.75, 3.05) is 6.54 Å². The summed E-state index contributed by atoms with van der Waals surface area (Å²) in [5.41, 5.74) is -0.766. The fourth-order valence-corrected chi connectivity index (χ4v) is 1.81. The lowest BCUT2D eigenvalue weighted by atomic mass is 10.0. The van der Waals surface area contributed by atoms with Crippen LogP contribution in [0.5, 0.6) is 0 Å². The van der Waals surface area contributed by atoms with Crippen molar-refractivity contribution >= 4 is 12.0 Å². The van der Waals surface area contributed by atoms with Crippen molar-refractivity contribution in [2.24, 2.45) is 0 Å². The number of carboxylic acids is 1. The van der Waals surface area contributed by atoms with Crippen LogP contribution >= 0.6 is 0 Å². The van der Waals surface area contributed by atoms with E-state index >= 15 is 0 Å². The van der Waals surface area contributed by atoms with Gasteiger partial charge >= 0.3 is 12.0 Å². The van der Waals surface area contributed by atoms with E-state index < -0.39 is 23.6 Å². The van der Waals surface area contributed by atoms with Gasteiger partial charge in [0, 0.05) is 6.54 Å². The van der Waals surface area contributed by atoms with Crippen LogP contribution in [0.25, 0.3) is 0 Å². The number of carbonyl (C=O) groups is 2. The third-order valence-corrected chi connectivity index (χ3v) is 2.83. The molecular weight excluding hydrogens is 220 g/mol. The van der Waals surface area contributed by atoms with Gasteiger partial charge in [-0.1, -0.05) is 5.92 Å². The number of aliphatic carboxylic acids is 1. The molecule has 1 aliphatic rings. The Morgan fingerprint density at radius 2 is 2.12 bits per heavy atom. The molecule has 0 bridgehead atoms. The predicted molar refractivity (Wildman–Crippen MR) is 63.4 cm³/mol. The van der Waals surface area contributed by atoms with E-state index in [1.165, 1.54) is 4.90 Å². The number of nitrogens with one attached hydrogen (secondary N) is 1. The zero-order valence-electron chi connectivity index (χ0n) is 10.2. The summed E-state index contributed by atoms with van der Waals surface area (Å²) >= 11 is 0. The highest BCUT2D eigenvalue weighted by Gasteiger charge is 2.33. The Kier molecular flexibility index (Phi) is 4.00. The molecular formula is C12H18N2O3. The summed E-state index contributed by atoms with van der Waals surface area (Å²) in [5, 5.41) is 11.7. The van der Waals surface area contributed by atoms with Crippen LogP contribution < -0.4 is 5.32 Å². The standard InChI is InChI=1S/C12H18N2O3/c1-4-12(2,3)13-11(17)14-8-6-5-7-9(14)10(15)16/h1,9H,5-8H2,2-3H3,(H,13,17)(H,15,16). The molecule has 5 heteroatoms. The number of carbonyl (C=O) groups excluding carboxylic acids is 1. The number of terminal acetylenes is 1. The first-order valence-corrected chi connectivity index (χ1v) is 5.67. The number of carboxylic acid groups (broad SMARTS) is 1. The molecule has 0 saturated carbocycles. The van der Waals surface area contributed by atoms with E-state index in [2.05, 4.69) is 11.2 Å². The molecule has 1 unspecified atom stereocenters. The summed E-state index contributed by atoms with van der Waals surface area (Å²) < 4.78 is 0. The molecule has 17 heavy (non-hydrogen) atoms. The molecule has 0 aliphatic carbocycles. The first-order chi connectivity index (χ1) is 7.87. The minimum absolute atomic E-state index is 0.403. The number of rotatable bonds is 2. The number of hydrogen-bond acceptors (Lipinski definition) is 2. The van der Waals surface area contributed by atoms with Gasteiger partial charge in [0.1, 0.15) is 6.04 Å². The van der Waals surface area contributed by atoms with E-state index in [-0.39, 0.29) is 0 Å². The highest BCUT2D eigenvalue weighted by Crippen LogP contribution is 2.18. The quantitative estimate of drug-likeness (QED) is 0.706. The maximum Gasteiger partial charge on any atom is 0.326 e. The van der Waals surface area contributed by atoms with Crippen molar-refractivity contribution in [3.05, 3.63) is 0 Å². The summed E-state index contributed by atoms with van der Waals surface area (Å²) in [4.78, 5) is 24.3. The van der Waals surface area contributed by atoms with Gasteiger partial charge in [-0.15, -0.1) is 6.42 Å². The number of piperidine rings is 1. The maximum atomic E-state index is 11.9. The second kappa shape index (κ2) is 5.09. The fraction of sp³-hybridized carbons (Fsp3) is 0.667. The Morgan fingerprint density at radius 1 is 1.47 bits per heavy atom. The summed E-state index contributed by atoms with van der Waals surface area (Å²) in [6, 6.07) is -1.14. The van der Waals surface area contributed by atoms with Gasteiger partial charge in [0.25, 0.3) is 0 Å². The van der Waals surface area contributed by atoms with Gasteiger partial charge in [0.2, 0.25) is 0 Å². The summed E-state index contributed by atoms with van der Waals surface area (Å²) in [6.07, 6.45) is 7.44. The van der Waals surface area contributed by atoms with Gasteiger partial charge in [-0.3, -0.25) is 0 Å². The Labute approximate surface area is 101 Å². The second-order valence-electron chi connectivity index (χ2n) is 4.74. The molecule has 1 fully saturated rings. The van der Waals surface area contributed by atoms with E-state index in [0.29, 0.717) is 13.0 Å². The van der Waals surface area contributed by atoms with Gasteiger partial charge < -0.3 is 15.3 Å².